The first-order chi connectivity index (χ1) is 9.08. The molecule has 2 amide bonds. The van der Waals surface area contributed by atoms with E-state index in [2.05, 4.69) is 5.32 Å². The Morgan fingerprint density at radius 3 is 2.63 bits per heavy atom. The highest BCUT2D eigenvalue weighted by Gasteiger charge is 2.13. The van der Waals surface area contributed by atoms with Gasteiger partial charge in [0.25, 0.3) is 0 Å². The molecule has 0 spiro atoms. The van der Waals surface area contributed by atoms with Gasteiger partial charge in [0.15, 0.2) is 0 Å². The standard InChI is InChI=1S/C14H14ClN3O/c1-18(13-8-3-2-7-12(13)16)14(19)17-11-6-4-5-10(15)9-11/h2-9H,16H2,1H3,(H,17,19). The summed E-state index contributed by atoms with van der Waals surface area (Å²) in [5.74, 6) is 0. The summed E-state index contributed by atoms with van der Waals surface area (Å²) in [6.45, 7) is 0. The highest BCUT2D eigenvalue weighted by molar-refractivity contribution is 6.30. The molecule has 4 nitrogen and oxygen atoms in total. The van der Waals surface area contributed by atoms with E-state index in [1.807, 2.05) is 12.1 Å². The van der Waals surface area contributed by atoms with Gasteiger partial charge in [0.1, 0.15) is 0 Å². The van der Waals surface area contributed by atoms with Gasteiger partial charge in [0.2, 0.25) is 0 Å². The van der Waals surface area contributed by atoms with Crippen molar-refractivity contribution in [2.75, 3.05) is 23.0 Å². The molecular formula is C14H14ClN3O. The fraction of sp³-hybridized carbons (Fsp3) is 0.0714. The summed E-state index contributed by atoms with van der Waals surface area (Å²) in [6, 6.07) is 13.9. The lowest BCUT2D eigenvalue weighted by atomic mass is 10.2. The Kier molecular flexibility index (Phi) is 3.92. The van der Waals surface area contributed by atoms with Gasteiger partial charge in [0.05, 0.1) is 11.4 Å². The topological polar surface area (TPSA) is 58.4 Å². The zero-order chi connectivity index (χ0) is 13.8. The van der Waals surface area contributed by atoms with Gasteiger partial charge in [-0.05, 0) is 30.3 Å². The van der Waals surface area contributed by atoms with E-state index in [0.29, 0.717) is 22.1 Å². The Bertz CT molecular complexity index is 601. The quantitative estimate of drug-likeness (QED) is 0.823. The molecular weight excluding hydrogens is 262 g/mol. The number of nitrogens with zero attached hydrogens (tertiary/aromatic N) is 1. The Morgan fingerprint density at radius 2 is 1.95 bits per heavy atom. The number of hydrogen-bond donors (Lipinski definition) is 2. The van der Waals surface area contributed by atoms with E-state index >= 15 is 0 Å². The van der Waals surface area contributed by atoms with Crippen molar-refractivity contribution in [1.82, 2.24) is 0 Å². The third-order valence-electron chi connectivity index (χ3n) is 2.68. The van der Waals surface area contributed by atoms with Gasteiger partial charge in [-0.3, -0.25) is 4.90 Å². The maximum atomic E-state index is 12.1. The monoisotopic (exact) mass is 275 g/mol. The third-order valence-corrected chi connectivity index (χ3v) is 2.91. The summed E-state index contributed by atoms with van der Waals surface area (Å²) >= 11 is 5.87. The molecule has 0 radical (unpaired) electrons. The van der Waals surface area contributed by atoms with E-state index in [0.717, 1.165) is 0 Å². The number of rotatable bonds is 2. The normalized spacial score (nSPS) is 10.0. The Morgan fingerprint density at radius 1 is 1.21 bits per heavy atom. The number of nitrogen functional groups attached to an aromatic ring is 1. The van der Waals surface area contributed by atoms with Crippen molar-refractivity contribution in [3.63, 3.8) is 0 Å². The van der Waals surface area contributed by atoms with Gasteiger partial charge in [0, 0.05) is 17.8 Å². The van der Waals surface area contributed by atoms with Crippen LogP contribution in [0.25, 0.3) is 0 Å². The first kappa shape index (κ1) is 13.2. The van der Waals surface area contributed by atoms with E-state index in [1.165, 1.54) is 4.90 Å². The van der Waals surface area contributed by atoms with E-state index in [4.69, 9.17) is 17.3 Å². The lowest BCUT2D eigenvalue weighted by Gasteiger charge is -2.19. The molecule has 2 aromatic carbocycles. The fourth-order valence-electron chi connectivity index (χ4n) is 1.68. The molecule has 2 rings (SSSR count). The lowest BCUT2D eigenvalue weighted by molar-refractivity contribution is 0.258. The number of para-hydroxylation sites is 2. The number of nitrogens with one attached hydrogen (secondary N) is 1. The summed E-state index contributed by atoms with van der Waals surface area (Å²) in [7, 11) is 1.66. The van der Waals surface area contributed by atoms with E-state index in [-0.39, 0.29) is 6.03 Å². The summed E-state index contributed by atoms with van der Waals surface area (Å²) < 4.78 is 0. The van der Waals surface area contributed by atoms with Crippen LogP contribution in [0, 0.1) is 0 Å². The van der Waals surface area contributed by atoms with Crippen molar-refractivity contribution >= 4 is 34.7 Å². The molecule has 3 N–H and O–H groups in total. The van der Waals surface area contributed by atoms with Crippen LogP contribution in [0.2, 0.25) is 5.02 Å². The average molecular weight is 276 g/mol. The minimum absolute atomic E-state index is 0.278. The number of urea groups is 1. The van der Waals surface area contributed by atoms with Crippen LogP contribution >= 0.6 is 11.6 Å². The molecule has 0 aliphatic heterocycles. The summed E-state index contributed by atoms with van der Waals surface area (Å²) in [5.41, 5.74) is 7.67. The van der Waals surface area contributed by atoms with Crippen molar-refractivity contribution in [2.24, 2.45) is 0 Å². The largest absolute Gasteiger partial charge is 0.397 e. The van der Waals surface area contributed by atoms with Crippen LogP contribution in [0.15, 0.2) is 48.5 Å². The first-order valence-electron chi connectivity index (χ1n) is 5.72. The van der Waals surface area contributed by atoms with Crippen molar-refractivity contribution in [3.05, 3.63) is 53.6 Å². The Balaban J connectivity index is 2.14. The molecule has 0 saturated heterocycles. The fourth-order valence-corrected chi connectivity index (χ4v) is 1.87. The minimum atomic E-state index is -0.278. The van der Waals surface area contributed by atoms with Crippen LogP contribution in [0.5, 0.6) is 0 Å². The number of carbonyl (C=O) groups is 1. The van der Waals surface area contributed by atoms with Crippen molar-refractivity contribution in [3.8, 4) is 0 Å². The van der Waals surface area contributed by atoms with Gasteiger partial charge in [-0.25, -0.2) is 4.79 Å². The predicted molar refractivity (Wildman–Crippen MR) is 79.7 cm³/mol. The van der Waals surface area contributed by atoms with Gasteiger partial charge >= 0.3 is 6.03 Å². The molecule has 0 bridgehead atoms. The van der Waals surface area contributed by atoms with Crippen LogP contribution in [0.3, 0.4) is 0 Å². The van der Waals surface area contributed by atoms with Crippen molar-refractivity contribution in [2.45, 2.75) is 0 Å². The van der Waals surface area contributed by atoms with E-state index in [9.17, 15) is 4.79 Å². The van der Waals surface area contributed by atoms with E-state index < -0.39 is 0 Å². The van der Waals surface area contributed by atoms with Crippen LogP contribution in [-0.4, -0.2) is 13.1 Å². The molecule has 0 atom stereocenters. The maximum absolute atomic E-state index is 12.1. The van der Waals surface area contributed by atoms with Crippen LogP contribution < -0.4 is 16.0 Å². The second-order valence-corrected chi connectivity index (χ2v) is 4.49. The zero-order valence-electron chi connectivity index (χ0n) is 10.4. The molecule has 2 aromatic rings. The summed E-state index contributed by atoms with van der Waals surface area (Å²) in [4.78, 5) is 13.5. The second-order valence-electron chi connectivity index (χ2n) is 4.06. The number of hydrogen-bond acceptors (Lipinski definition) is 2. The molecule has 19 heavy (non-hydrogen) atoms. The third kappa shape index (κ3) is 3.17. The summed E-state index contributed by atoms with van der Waals surface area (Å²) in [5, 5.41) is 3.32. The molecule has 0 aromatic heterocycles. The number of halogens is 1. The molecule has 0 fully saturated rings. The molecule has 0 heterocycles. The SMILES string of the molecule is CN(C(=O)Nc1cccc(Cl)c1)c1ccccc1N. The molecule has 98 valence electrons. The predicted octanol–water partition coefficient (Wildman–Crippen LogP) is 3.59. The minimum Gasteiger partial charge on any atom is -0.397 e. The van der Waals surface area contributed by atoms with Crippen molar-refractivity contribution < 1.29 is 4.79 Å². The highest BCUT2D eigenvalue weighted by atomic mass is 35.5. The average Bonchev–Trinajstić information content (AvgIpc) is 2.38. The van der Waals surface area contributed by atoms with Crippen LogP contribution in [0.4, 0.5) is 21.9 Å². The number of nitrogens with two attached hydrogens (primary N) is 1. The van der Waals surface area contributed by atoms with Crippen LogP contribution in [-0.2, 0) is 0 Å². The Hall–Kier alpha value is -2.20. The van der Waals surface area contributed by atoms with E-state index in [1.54, 1.807) is 43.4 Å². The van der Waals surface area contributed by atoms with Crippen molar-refractivity contribution in [1.29, 1.82) is 0 Å². The number of amides is 2. The van der Waals surface area contributed by atoms with Gasteiger partial charge < -0.3 is 11.1 Å². The number of benzene rings is 2. The maximum Gasteiger partial charge on any atom is 0.326 e. The molecule has 0 unspecified atom stereocenters. The molecule has 0 saturated carbocycles. The molecule has 5 heteroatoms. The van der Waals surface area contributed by atoms with Gasteiger partial charge in [-0.1, -0.05) is 29.8 Å². The Labute approximate surface area is 116 Å². The lowest BCUT2D eigenvalue weighted by Crippen LogP contribution is -2.31. The van der Waals surface area contributed by atoms with Gasteiger partial charge in [-0.15, -0.1) is 0 Å². The number of carbonyl (C=O) groups excluding carboxylic acids is 1. The molecule has 0 aliphatic carbocycles. The van der Waals surface area contributed by atoms with Crippen LogP contribution in [0.1, 0.15) is 0 Å². The zero-order valence-corrected chi connectivity index (χ0v) is 11.2. The van der Waals surface area contributed by atoms with Gasteiger partial charge in [-0.2, -0.15) is 0 Å². The first-order valence-corrected chi connectivity index (χ1v) is 6.10. The smallest absolute Gasteiger partial charge is 0.326 e. The highest BCUT2D eigenvalue weighted by Crippen LogP contribution is 2.22. The molecule has 0 aliphatic rings. The second kappa shape index (κ2) is 5.63. The number of anilines is 3. The summed E-state index contributed by atoms with van der Waals surface area (Å²) in [6.07, 6.45) is 0.